The molecule has 16 heavy (non-hydrogen) atoms. The van der Waals surface area contributed by atoms with Gasteiger partial charge >= 0.3 is 0 Å². The summed E-state index contributed by atoms with van der Waals surface area (Å²) in [7, 11) is 0. The number of nitrogens with zero attached hydrogens (tertiary/aromatic N) is 2. The first kappa shape index (κ1) is 11.1. The van der Waals surface area contributed by atoms with Gasteiger partial charge in [-0.15, -0.1) is 0 Å². The van der Waals surface area contributed by atoms with Crippen LogP contribution in [0.5, 0.6) is 0 Å². The van der Waals surface area contributed by atoms with E-state index in [4.69, 9.17) is 0 Å². The first-order chi connectivity index (χ1) is 7.59. The molecule has 1 aromatic heterocycles. The number of Topliss-reactive ketones (excluding diaryl/α,β-unsaturated/α-hetero) is 1. The van der Waals surface area contributed by atoms with Gasteiger partial charge in [-0.05, 0) is 26.0 Å². The third kappa shape index (κ3) is 1.94. The number of hydrogen-bond donors (Lipinski definition) is 0. The van der Waals surface area contributed by atoms with Crippen molar-refractivity contribution in [3.8, 4) is 0 Å². The third-order valence-electron chi connectivity index (χ3n) is 3.55. The van der Waals surface area contributed by atoms with Crippen molar-refractivity contribution in [2.75, 3.05) is 11.4 Å². The van der Waals surface area contributed by atoms with Gasteiger partial charge in [-0.25, -0.2) is 0 Å². The van der Waals surface area contributed by atoms with Gasteiger partial charge in [0.15, 0.2) is 0 Å². The van der Waals surface area contributed by atoms with Gasteiger partial charge < -0.3 is 4.90 Å². The molecule has 2 heterocycles. The van der Waals surface area contributed by atoms with Crippen molar-refractivity contribution in [1.29, 1.82) is 0 Å². The maximum absolute atomic E-state index is 11.6. The van der Waals surface area contributed by atoms with Crippen LogP contribution in [0.4, 0.5) is 5.69 Å². The van der Waals surface area contributed by atoms with E-state index in [-0.39, 0.29) is 12.0 Å². The van der Waals surface area contributed by atoms with E-state index in [1.807, 2.05) is 26.1 Å². The summed E-state index contributed by atoms with van der Waals surface area (Å²) in [4.78, 5) is 18.2. The summed E-state index contributed by atoms with van der Waals surface area (Å²) >= 11 is 0. The predicted molar refractivity (Wildman–Crippen MR) is 64.6 cm³/mol. The van der Waals surface area contributed by atoms with Gasteiger partial charge in [0.05, 0.1) is 11.9 Å². The molecule has 2 rings (SSSR count). The Kier molecular flexibility index (Phi) is 2.95. The zero-order valence-electron chi connectivity index (χ0n) is 10.1. The Bertz CT molecular complexity index is 385. The van der Waals surface area contributed by atoms with E-state index in [0.717, 1.165) is 17.9 Å². The molecule has 1 saturated heterocycles. The summed E-state index contributed by atoms with van der Waals surface area (Å²) in [6.45, 7) is 6.92. The lowest BCUT2D eigenvalue weighted by atomic mass is 9.90. The molecule has 0 N–H and O–H groups in total. The molecule has 0 spiro atoms. The summed E-state index contributed by atoms with van der Waals surface area (Å²) in [6, 6.07) is 4.37. The smallest absolute Gasteiger partial charge is 0.139 e. The summed E-state index contributed by atoms with van der Waals surface area (Å²) in [5.74, 6) is 0.499. The molecule has 2 atom stereocenters. The molecule has 0 aliphatic carbocycles. The van der Waals surface area contributed by atoms with Crippen LogP contribution in [0.25, 0.3) is 0 Å². The van der Waals surface area contributed by atoms with E-state index in [1.165, 1.54) is 0 Å². The minimum atomic E-state index is 0.120. The standard InChI is InChI=1S/C13H18N2O/c1-9-4-5-12(8-14-9)15-7-6-13(16)10(2)11(15)3/h4-5,8,10-11H,6-7H2,1-3H3. The predicted octanol–water partition coefficient (Wildman–Crippen LogP) is 2.19. The van der Waals surface area contributed by atoms with Gasteiger partial charge in [-0.3, -0.25) is 9.78 Å². The summed E-state index contributed by atoms with van der Waals surface area (Å²) < 4.78 is 0. The molecular formula is C13H18N2O. The number of carbonyl (C=O) groups is 1. The van der Waals surface area contributed by atoms with Crippen LogP contribution >= 0.6 is 0 Å². The van der Waals surface area contributed by atoms with E-state index < -0.39 is 0 Å². The first-order valence-electron chi connectivity index (χ1n) is 5.81. The van der Waals surface area contributed by atoms with Crippen LogP contribution in [0.2, 0.25) is 0 Å². The number of aromatic nitrogens is 1. The molecule has 1 aromatic rings. The van der Waals surface area contributed by atoms with Crippen molar-refractivity contribution in [3.05, 3.63) is 24.0 Å². The average Bonchev–Trinajstić information content (AvgIpc) is 2.28. The number of rotatable bonds is 1. The van der Waals surface area contributed by atoms with Crippen LogP contribution in [0.3, 0.4) is 0 Å². The fraction of sp³-hybridized carbons (Fsp3) is 0.538. The number of aryl methyl sites for hydroxylation is 1. The molecule has 0 bridgehead atoms. The lowest BCUT2D eigenvalue weighted by Crippen LogP contribution is -2.47. The third-order valence-corrected chi connectivity index (χ3v) is 3.55. The number of piperidine rings is 1. The fourth-order valence-electron chi connectivity index (χ4n) is 2.20. The Balaban J connectivity index is 2.21. The number of pyridine rings is 1. The van der Waals surface area contributed by atoms with Crippen LogP contribution in [0.15, 0.2) is 18.3 Å². The van der Waals surface area contributed by atoms with E-state index in [0.29, 0.717) is 12.2 Å². The quantitative estimate of drug-likeness (QED) is 0.724. The monoisotopic (exact) mass is 218 g/mol. The first-order valence-corrected chi connectivity index (χ1v) is 5.81. The van der Waals surface area contributed by atoms with Crippen molar-refractivity contribution in [2.45, 2.75) is 33.2 Å². The topological polar surface area (TPSA) is 33.2 Å². The van der Waals surface area contributed by atoms with Crippen molar-refractivity contribution in [1.82, 2.24) is 4.98 Å². The highest BCUT2D eigenvalue weighted by Crippen LogP contribution is 2.25. The van der Waals surface area contributed by atoms with Gasteiger partial charge in [0.25, 0.3) is 0 Å². The van der Waals surface area contributed by atoms with Crippen molar-refractivity contribution < 1.29 is 4.79 Å². The van der Waals surface area contributed by atoms with Crippen molar-refractivity contribution >= 4 is 11.5 Å². The van der Waals surface area contributed by atoms with E-state index in [2.05, 4.69) is 22.9 Å². The van der Waals surface area contributed by atoms with Crippen molar-refractivity contribution in [2.24, 2.45) is 5.92 Å². The maximum atomic E-state index is 11.6. The molecule has 2 unspecified atom stereocenters. The van der Waals surface area contributed by atoms with Crippen molar-refractivity contribution in [3.63, 3.8) is 0 Å². The Morgan fingerprint density at radius 1 is 1.38 bits per heavy atom. The molecule has 1 aliphatic heterocycles. The molecule has 86 valence electrons. The molecule has 0 saturated carbocycles. The zero-order chi connectivity index (χ0) is 11.7. The number of carbonyl (C=O) groups excluding carboxylic acids is 1. The van der Waals surface area contributed by atoms with E-state index >= 15 is 0 Å². The molecular weight excluding hydrogens is 200 g/mol. The highest BCUT2D eigenvalue weighted by molar-refractivity contribution is 5.83. The Hall–Kier alpha value is -1.38. The van der Waals surface area contributed by atoms with E-state index in [1.54, 1.807) is 0 Å². The molecule has 1 aliphatic rings. The summed E-state index contributed by atoms with van der Waals surface area (Å²) in [5.41, 5.74) is 2.15. The number of anilines is 1. The zero-order valence-corrected chi connectivity index (χ0v) is 10.1. The second-order valence-corrected chi connectivity index (χ2v) is 4.60. The normalized spacial score (nSPS) is 25.9. The minimum absolute atomic E-state index is 0.120. The molecule has 0 radical (unpaired) electrons. The lowest BCUT2D eigenvalue weighted by molar-refractivity contribution is -0.123. The fourth-order valence-corrected chi connectivity index (χ4v) is 2.20. The minimum Gasteiger partial charge on any atom is -0.366 e. The van der Waals surface area contributed by atoms with Crippen LogP contribution in [-0.2, 0) is 4.79 Å². The average molecular weight is 218 g/mol. The Morgan fingerprint density at radius 2 is 2.12 bits per heavy atom. The molecule has 1 fully saturated rings. The molecule has 3 heteroatoms. The van der Waals surface area contributed by atoms with Gasteiger partial charge in [0, 0.05) is 30.6 Å². The highest BCUT2D eigenvalue weighted by atomic mass is 16.1. The van der Waals surface area contributed by atoms with Crippen LogP contribution in [-0.4, -0.2) is 23.4 Å². The molecule has 0 aromatic carbocycles. The van der Waals surface area contributed by atoms with E-state index in [9.17, 15) is 4.79 Å². The molecule has 0 amide bonds. The summed E-state index contributed by atoms with van der Waals surface area (Å²) in [5, 5.41) is 0. The SMILES string of the molecule is Cc1ccc(N2CCC(=O)C(C)C2C)cn1. The van der Waals surface area contributed by atoms with Gasteiger partial charge in [0.2, 0.25) is 0 Å². The van der Waals surface area contributed by atoms with Crippen LogP contribution in [0, 0.1) is 12.8 Å². The Morgan fingerprint density at radius 3 is 2.75 bits per heavy atom. The van der Waals surface area contributed by atoms with Crippen LogP contribution in [0.1, 0.15) is 26.0 Å². The number of ketones is 1. The summed E-state index contributed by atoms with van der Waals surface area (Å²) in [6.07, 6.45) is 2.55. The van der Waals surface area contributed by atoms with Crippen LogP contribution < -0.4 is 4.90 Å². The number of hydrogen-bond acceptors (Lipinski definition) is 3. The van der Waals surface area contributed by atoms with Gasteiger partial charge in [-0.2, -0.15) is 0 Å². The van der Waals surface area contributed by atoms with Gasteiger partial charge in [-0.1, -0.05) is 6.92 Å². The second-order valence-electron chi connectivity index (χ2n) is 4.60. The second kappa shape index (κ2) is 4.24. The van der Waals surface area contributed by atoms with Gasteiger partial charge in [0.1, 0.15) is 5.78 Å². The Labute approximate surface area is 96.5 Å². The highest BCUT2D eigenvalue weighted by Gasteiger charge is 2.30. The lowest BCUT2D eigenvalue weighted by Gasteiger charge is -2.38. The maximum Gasteiger partial charge on any atom is 0.139 e. The molecule has 3 nitrogen and oxygen atoms in total. The largest absolute Gasteiger partial charge is 0.366 e.